The number of hydrogen-bond donors (Lipinski definition) is 1. The third-order valence-electron chi connectivity index (χ3n) is 10.9. The van der Waals surface area contributed by atoms with Crippen LogP contribution in [0.1, 0.15) is 114 Å². The van der Waals surface area contributed by atoms with Crippen LogP contribution in [0, 0.1) is 23.2 Å². The van der Waals surface area contributed by atoms with E-state index in [9.17, 15) is 35.5 Å². The molecule has 0 unspecified atom stereocenters. The highest BCUT2D eigenvalue weighted by atomic mass is 32.2. The van der Waals surface area contributed by atoms with E-state index >= 15 is 0 Å². The molecule has 4 rings (SSSR count). The van der Waals surface area contributed by atoms with Crippen molar-refractivity contribution in [1.29, 1.82) is 0 Å². The fourth-order valence-corrected chi connectivity index (χ4v) is 10.0. The van der Waals surface area contributed by atoms with Gasteiger partial charge in [0.15, 0.2) is 0 Å². The second-order valence-corrected chi connectivity index (χ2v) is 16.0. The third-order valence-corrected chi connectivity index (χ3v) is 12.7. The SMILES string of the molecule is COc1ccc2c(c1)CC[C@@H]1[C@@H]2[C@@H](CCCCCCCCCS(=O)(=O)CCCC(F)(F)C(F)(F)F)C[C@]2(C)[C@@H](O)CC[C@@H]12. The van der Waals surface area contributed by atoms with E-state index in [0.717, 1.165) is 70.0 Å². The van der Waals surface area contributed by atoms with Crippen molar-refractivity contribution in [3.63, 3.8) is 0 Å². The number of unbranched alkanes of at least 4 members (excludes halogenated alkanes) is 6. The van der Waals surface area contributed by atoms with Crippen LogP contribution in [0.4, 0.5) is 22.0 Å². The lowest BCUT2D eigenvalue weighted by atomic mass is 9.51. The number of ether oxygens (including phenoxy) is 1. The molecule has 0 amide bonds. The van der Waals surface area contributed by atoms with E-state index < -0.39 is 40.5 Å². The number of methoxy groups -OCH3 is 1. The van der Waals surface area contributed by atoms with Gasteiger partial charge in [-0.2, -0.15) is 22.0 Å². The van der Waals surface area contributed by atoms with Crippen LogP contribution >= 0.6 is 0 Å². The summed E-state index contributed by atoms with van der Waals surface area (Å²) in [5, 5.41) is 11.0. The molecule has 6 atom stereocenters. The van der Waals surface area contributed by atoms with Crippen LogP contribution < -0.4 is 4.74 Å². The monoisotopic (exact) mass is 636 g/mol. The summed E-state index contributed by atoms with van der Waals surface area (Å²) in [6.45, 7) is 2.32. The van der Waals surface area contributed by atoms with Gasteiger partial charge in [-0.1, -0.05) is 51.5 Å². The predicted molar refractivity (Wildman–Crippen MR) is 158 cm³/mol. The van der Waals surface area contributed by atoms with Crippen LogP contribution in [0.3, 0.4) is 0 Å². The van der Waals surface area contributed by atoms with Gasteiger partial charge in [0, 0.05) is 6.42 Å². The van der Waals surface area contributed by atoms with Gasteiger partial charge in [-0.25, -0.2) is 8.42 Å². The summed E-state index contributed by atoms with van der Waals surface area (Å²) in [4.78, 5) is 0. The molecule has 0 radical (unpaired) electrons. The number of fused-ring (bicyclic) bond motifs is 5. The fourth-order valence-electron chi connectivity index (χ4n) is 8.62. The quantitative estimate of drug-likeness (QED) is 0.155. The van der Waals surface area contributed by atoms with Gasteiger partial charge in [-0.15, -0.1) is 0 Å². The molecule has 10 heteroatoms. The van der Waals surface area contributed by atoms with E-state index in [1.807, 2.05) is 0 Å². The molecule has 0 aliphatic heterocycles. The summed E-state index contributed by atoms with van der Waals surface area (Å²) in [6.07, 6.45) is 4.60. The highest BCUT2D eigenvalue weighted by Gasteiger charge is 2.58. The average Bonchev–Trinajstić information content (AvgIpc) is 3.24. The van der Waals surface area contributed by atoms with Crippen molar-refractivity contribution in [2.45, 2.75) is 127 Å². The van der Waals surface area contributed by atoms with Crippen molar-refractivity contribution in [3.05, 3.63) is 29.3 Å². The van der Waals surface area contributed by atoms with Gasteiger partial charge in [-0.3, -0.25) is 0 Å². The van der Waals surface area contributed by atoms with Gasteiger partial charge in [0.2, 0.25) is 0 Å². The maximum Gasteiger partial charge on any atom is 0.453 e. The molecule has 3 aliphatic rings. The predicted octanol–water partition coefficient (Wildman–Crippen LogP) is 8.65. The van der Waals surface area contributed by atoms with E-state index in [4.69, 9.17) is 4.74 Å². The lowest BCUT2D eigenvalue weighted by Crippen LogP contribution is -2.47. The number of rotatable bonds is 15. The normalized spacial score (nSPS) is 29.2. The molecule has 43 heavy (non-hydrogen) atoms. The fraction of sp³-hybridized carbons (Fsp3) is 0.818. The molecule has 4 nitrogen and oxygen atoms in total. The highest BCUT2D eigenvalue weighted by Crippen LogP contribution is 2.63. The van der Waals surface area contributed by atoms with E-state index in [1.165, 1.54) is 17.5 Å². The summed E-state index contributed by atoms with van der Waals surface area (Å²) >= 11 is 0. The van der Waals surface area contributed by atoms with Crippen molar-refractivity contribution in [2.75, 3.05) is 18.6 Å². The van der Waals surface area contributed by atoms with Crippen molar-refractivity contribution in [1.82, 2.24) is 0 Å². The number of benzene rings is 1. The molecular weight excluding hydrogens is 587 g/mol. The molecule has 0 spiro atoms. The Hall–Kier alpha value is -1.42. The number of sulfone groups is 1. The molecule has 0 heterocycles. The molecule has 2 fully saturated rings. The van der Waals surface area contributed by atoms with E-state index in [0.29, 0.717) is 36.5 Å². The highest BCUT2D eigenvalue weighted by molar-refractivity contribution is 7.91. The van der Waals surface area contributed by atoms with Crippen molar-refractivity contribution >= 4 is 9.84 Å². The Bertz CT molecular complexity index is 1170. The summed E-state index contributed by atoms with van der Waals surface area (Å²) in [6, 6.07) is 6.58. The Labute approximate surface area is 254 Å². The topological polar surface area (TPSA) is 63.6 Å². The van der Waals surface area contributed by atoms with Gasteiger partial charge < -0.3 is 9.84 Å². The van der Waals surface area contributed by atoms with Crippen molar-refractivity contribution in [3.8, 4) is 5.75 Å². The number of aliphatic hydroxyl groups is 1. The molecular formula is C33H49F5O4S. The molecule has 246 valence electrons. The number of halogens is 5. The zero-order valence-electron chi connectivity index (χ0n) is 25.6. The number of aliphatic hydroxyl groups excluding tert-OH is 1. The summed E-state index contributed by atoms with van der Waals surface area (Å²) in [5.74, 6) is -2.51. The van der Waals surface area contributed by atoms with Gasteiger partial charge >= 0.3 is 12.1 Å². The number of alkyl halides is 5. The Balaban J connectivity index is 1.19. The molecule has 3 aliphatic carbocycles. The molecule has 0 aromatic heterocycles. The molecule has 0 bridgehead atoms. The lowest BCUT2D eigenvalue weighted by Gasteiger charge is -2.54. The summed E-state index contributed by atoms with van der Waals surface area (Å²) in [5.41, 5.74) is 2.89. The van der Waals surface area contributed by atoms with Crippen LogP contribution in [0.2, 0.25) is 0 Å². The Kier molecular flexibility index (Phi) is 11.2. The van der Waals surface area contributed by atoms with Gasteiger partial charge in [0.1, 0.15) is 15.6 Å². The molecule has 1 aromatic carbocycles. The van der Waals surface area contributed by atoms with Gasteiger partial charge in [-0.05, 0) is 104 Å². The molecule has 0 saturated heterocycles. The zero-order chi connectivity index (χ0) is 31.5. The van der Waals surface area contributed by atoms with Gasteiger partial charge in [0.25, 0.3) is 0 Å². The van der Waals surface area contributed by atoms with Crippen LogP contribution in [0.15, 0.2) is 18.2 Å². The average molecular weight is 637 g/mol. The van der Waals surface area contributed by atoms with Crippen molar-refractivity contribution in [2.24, 2.45) is 23.2 Å². The zero-order valence-corrected chi connectivity index (χ0v) is 26.4. The first-order valence-electron chi connectivity index (χ1n) is 16.2. The summed E-state index contributed by atoms with van der Waals surface area (Å²) < 4.78 is 92.4. The van der Waals surface area contributed by atoms with E-state index in [1.54, 1.807) is 7.11 Å². The Morgan fingerprint density at radius 2 is 1.58 bits per heavy atom. The number of aryl methyl sites for hydroxylation is 1. The first-order chi connectivity index (χ1) is 20.2. The third kappa shape index (κ3) is 8.06. The largest absolute Gasteiger partial charge is 0.497 e. The van der Waals surface area contributed by atoms with Crippen LogP contribution in [-0.2, 0) is 16.3 Å². The lowest BCUT2D eigenvalue weighted by molar-refractivity contribution is -0.284. The van der Waals surface area contributed by atoms with Crippen molar-refractivity contribution < 1.29 is 40.2 Å². The Morgan fingerprint density at radius 1 is 0.930 bits per heavy atom. The van der Waals surface area contributed by atoms with E-state index in [2.05, 4.69) is 25.1 Å². The maximum atomic E-state index is 13.0. The minimum atomic E-state index is -5.65. The van der Waals surface area contributed by atoms with Crippen LogP contribution in [-0.4, -0.2) is 50.3 Å². The number of hydrogen-bond acceptors (Lipinski definition) is 4. The Morgan fingerprint density at radius 3 is 2.26 bits per heavy atom. The molecule has 1 aromatic rings. The van der Waals surface area contributed by atoms with Crippen LogP contribution in [0.25, 0.3) is 0 Å². The smallest absolute Gasteiger partial charge is 0.453 e. The van der Waals surface area contributed by atoms with Gasteiger partial charge in [0.05, 0.1) is 24.7 Å². The van der Waals surface area contributed by atoms with Crippen LogP contribution in [0.5, 0.6) is 5.75 Å². The molecule has 2 saturated carbocycles. The minimum Gasteiger partial charge on any atom is -0.497 e. The minimum absolute atomic E-state index is 0.00462. The second-order valence-electron chi connectivity index (χ2n) is 13.7. The first kappa shape index (κ1) is 34.5. The molecule has 1 N–H and O–H groups in total. The first-order valence-corrected chi connectivity index (χ1v) is 18.0. The summed E-state index contributed by atoms with van der Waals surface area (Å²) in [7, 11) is -1.93. The van der Waals surface area contributed by atoms with E-state index in [-0.39, 0.29) is 17.3 Å². The standard InChI is InChI=1S/C33H49F5O4S/c1-31-22-24(30-26-15-13-25(42-2)21-23(26)12-14-27(30)28(31)16-17-29(31)39)11-8-6-4-3-5-7-9-19-43(40,41)20-10-18-32(34,35)33(36,37)38/h13,15,21,24,27-30,39H,3-12,14,16-20,22H2,1-2H3/t24-,27-,28-,29-,30+,31-/m0/s1. The maximum absolute atomic E-state index is 13.0. The second kappa shape index (κ2) is 13.9.